The maximum absolute atomic E-state index is 10.7. The zero-order chi connectivity index (χ0) is 9.30. The highest BCUT2D eigenvalue weighted by Gasteiger charge is 2.14. The second-order valence-corrected chi connectivity index (χ2v) is 2.50. The van der Waals surface area contributed by atoms with Gasteiger partial charge in [0.05, 0.1) is 0 Å². The number of H-pyrrole nitrogens is 1. The summed E-state index contributed by atoms with van der Waals surface area (Å²) in [6, 6.07) is 0. The summed E-state index contributed by atoms with van der Waals surface area (Å²) >= 11 is 2.02. The molecule has 0 fully saturated rings. The van der Waals surface area contributed by atoms with Crippen LogP contribution >= 0.6 is 0 Å². The minimum absolute atomic E-state index is 0.0650. The Bertz CT molecular complexity index is 386. The third-order valence-electron chi connectivity index (χ3n) is 1.12. The Balaban J connectivity index is 3.48. The van der Waals surface area contributed by atoms with Gasteiger partial charge in [0, 0.05) is 0 Å². The fourth-order valence-electron chi connectivity index (χ4n) is 0.634. The van der Waals surface area contributed by atoms with Gasteiger partial charge in [0.25, 0.3) is 5.56 Å². The van der Waals surface area contributed by atoms with E-state index in [0.29, 0.717) is 0 Å². The van der Waals surface area contributed by atoms with Crippen LogP contribution in [0.4, 0.5) is 0 Å². The van der Waals surface area contributed by atoms with E-state index in [1.54, 1.807) is 0 Å². The summed E-state index contributed by atoms with van der Waals surface area (Å²) in [6.07, 6.45) is 0. The summed E-state index contributed by atoms with van der Waals surface area (Å²) < 4.78 is 0.0650. The van der Waals surface area contributed by atoms with Crippen LogP contribution in [-0.4, -0.2) is 42.4 Å². The Morgan fingerprint density at radius 1 is 1.58 bits per heavy atom. The quantitative estimate of drug-likeness (QED) is 0.434. The number of aromatic amines is 1. The Kier molecular flexibility index (Phi) is 2.17. The van der Waals surface area contributed by atoms with Crippen molar-refractivity contribution >= 4 is 26.9 Å². The molecule has 0 amide bonds. The summed E-state index contributed by atoms with van der Waals surface area (Å²) in [5, 5.41) is 17.3. The van der Waals surface area contributed by atoms with Crippen LogP contribution in [0.2, 0.25) is 0 Å². The van der Waals surface area contributed by atoms with Gasteiger partial charge < -0.3 is 15.2 Å². The lowest BCUT2D eigenvalue weighted by Crippen LogP contribution is -2.26. The average Bonchev–Trinajstić information content (AvgIpc) is 1.96. The molecule has 1 rings (SSSR count). The van der Waals surface area contributed by atoms with Gasteiger partial charge in [-0.2, -0.15) is 0 Å². The fraction of sp³-hybridized carbons (Fsp3) is 0. The molecule has 1 aromatic heterocycles. The number of carboxylic acid groups (broad SMARTS) is 1. The van der Waals surface area contributed by atoms with E-state index in [4.69, 9.17) is 10.2 Å². The van der Waals surface area contributed by atoms with Crippen molar-refractivity contribution in [3.8, 4) is 5.75 Å². The fourth-order valence-corrected chi connectivity index (χ4v) is 0.894. The number of nitrogens with one attached hydrogen (secondary N) is 1. The van der Waals surface area contributed by atoms with Crippen molar-refractivity contribution in [1.29, 1.82) is 0 Å². The van der Waals surface area contributed by atoms with Crippen molar-refractivity contribution in [2.24, 2.45) is 0 Å². The summed E-state index contributed by atoms with van der Waals surface area (Å²) in [4.78, 5) is 26.6. The highest BCUT2D eigenvalue weighted by molar-refractivity contribution is 6.29. The van der Waals surface area contributed by atoms with Crippen molar-refractivity contribution in [3.05, 3.63) is 16.0 Å². The third-order valence-corrected chi connectivity index (χ3v) is 1.39. The molecule has 0 saturated heterocycles. The van der Waals surface area contributed by atoms with Gasteiger partial charge in [0.15, 0.2) is 5.69 Å². The normalized spacial score (nSPS) is 9.67. The van der Waals surface area contributed by atoms with Gasteiger partial charge in [-0.25, -0.2) is 9.78 Å². The number of aromatic nitrogens is 2. The first-order valence-corrected chi connectivity index (χ1v) is 3.42. The Morgan fingerprint density at radius 2 is 2.17 bits per heavy atom. The second kappa shape index (κ2) is 2.97. The zero-order valence-electron chi connectivity index (χ0n) is 5.74. The van der Waals surface area contributed by atoms with E-state index in [-0.39, 0.29) is 4.69 Å². The van der Waals surface area contributed by atoms with Crippen LogP contribution in [0, 0.1) is 0 Å². The number of aromatic hydroxyl groups is 1. The van der Waals surface area contributed by atoms with Crippen LogP contribution in [0.25, 0.3) is 0 Å². The lowest BCUT2D eigenvalue weighted by Gasteiger charge is -1.98. The van der Waals surface area contributed by atoms with Crippen molar-refractivity contribution in [2.45, 2.75) is 0 Å². The number of hydrogen-bond acceptors (Lipinski definition) is 4. The zero-order valence-corrected chi connectivity index (χ0v) is 6.89. The van der Waals surface area contributed by atoms with E-state index in [9.17, 15) is 9.59 Å². The smallest absolute Gasteiger partial charge is 0.358 e. The van der Waals surface area contributed by atoms with Crippen molar-refractivity contribution < 1.29 is 15.0 Å². The van der Waals surface area contributed by atoms with Crippen molar-refractivity contribution in [2.75, 3.05) is 0 Å². The van der Waals surface area contributed by atoms with Gasteiger partial charge in [-0.05, 0) is 4.69 Å². The van der Waals surface area contributed by atoms with E-state index >= 15 is 0 Å². The molecule has 60 valence electrons. The molecule has 0 aliphatic heterocycles. The SMILES string of the molecule is O=C(O)c1n[c]([Al])[nH]c(=O)c1O. The molecule has 0 unspecified atom stereocenters. The largest absolute Gasteiger partial charge is 0.501 e. The van der Waals surface area contributed by atoms with Crippen molar-refractivity contribution in [3.63, 3.8) is 0 Å². The molecule has 0 spiro atoms. The third kappa shape index (κ3) is 1.47. The molecule has 0 atom stereocenters. The van der Waals surface area contributed by atoms with E-state index in [1.165, 1.54) is 0 Å². The predicted molar refractivity (Wildman–Crippen MR) is 38.9 cm³/mol. The first-order chi connectivity index (χ1) is 5.52. The molecule has 1 heterocycles. The lowest BCUT2D eigenvalue weighted by molar-refractivity contribution is 0.0686. The first kappa shape index (κ1) is 8.78. The number of carbonyl (C=O) groups is 1. The summed E-state index contributed by atoms with van der Waals surface area (Å²) in [5.74, 6) is -2.32. The van der Waals surface area contributed by atoms with Gasteiger partial charge in [-0.15, -0.1) is 0 Å². The molecule has 1 aromatic rings. The lowest BCUT2D eigenvalue weighted by atomic mass is 10.4. The molecule has 3 N–H and O–H groups in total. The summed E-state index contributed by atoms with van der Waals surface area (Å²) in [6.45, 7) is 0. The van der Waals surface area contributed by atoms with E-state index in [2.05, 4.69) is 9.97 Å². The van der Waals surface area contributed by atoms with Crippen LogP contribution in [0.1, 0.15) is 10.5 Å². The van der Waals surface area contributed by atoms with Gasteiger partial charge >= 0.3 is 5.97 Å². The number of nitrogens with zero attached hydrogens (tertiary/aromatic N) is 1. The van der Waals surface area contributed by atoms with E-state index < -0.39 is 23.0 Å². The van der Waals surface area contributed by atoms with Crippen molar-refractivity contribution in [1.82, 2.24) is 9.97 Å². The molecule has 0 bridgehead atoms. The molecule has 0 saturated carbocycles. The number of hydrogen-bond donors (Lipinski definition) is 3. The number of rotatable bonds is 1. The number of aromatic carboxylic acids is 1. The Hall–Kier alpha value is -1.32. The van der Waals surface area contributed by atoms with E-state index in [0.717, 1.165) is 0 Å². The molecule has 0 aliphatic carbocycles. The van der Waals surface area contributed by atoms with Crippen LogP contribution in [0.3, 0.4) is 0 Å². The molecule has 7 heteroatoms. The minimum Gasteiger partial charge on any atom is -0.501 e. The maximum atomic E-state index is 10.7. The average molecular weight is 182 g/mol. The first-order valence-electron chi connectivity index (χ1n) is 2.84. The Labute approximate surface area is 74.3 Å². The van der Waals surface area contributed by atoms with Gasteiger partial charge in [-0.1, -0.05) is 0 Å². The van der Waals surface area contributed by atoms with Crippen LogP contribution in [-0.2, 0) is 0 Å². The predicted octanol–water partition coefficient (Wildman–Crippen LogP) is -2.03. The monoisotopic (exact) mass is 182 g/mol. The maximum Gasteiger partial charge on any atom is 0.358 e. The summed E-state index contributed by atoms with van der Waals surface area (Å²) in [7, 11) is 0. The van der Waals surface area contributed by atoms with Gasteiger partial charge in [-0.3, -0.25) is 4.79 Å². The molecule has 0 aliphatic rings. The highest BCUT2D eigenvalue weighted by atomic mass is 27.0. The topological polar surface area (TPSA) is 103 Å². The second-order valence-electron chi connectivity index (χ2n) is 1.95. The molecule has 0 aromatic carbocycles. The van der Waals surface area contributed by atoms with Crippen LogP contribution in [0.5, 0.6) is 5.75 Å². The highest BCUT2D eigenvalue weighted by Crippen LogP contribution is 2.03. The number of carboxylic acids is 1. The molecular weight excluding hydrogens is 179 g/mol. The van der Waals surface area contributed by atoms with Gasteiger partial charge in [0.1, 0.15) is 0 Å². The Morgan fingerprint density at radius 3 is 2.67 bits per heavy atom. The van der Waals surface area contributed by atoms with Crippen LogP contribution in [0.15, 0.2) is 4.79 Å². The van der Waals surface area contributed by atoms with E-state index in [1.807, 2.05) is 16.3 Å². The standard InChI is InChI=1S/C5H3N2O4.Al/c8-3-2(5(10)11)6-1-7-4(3)9;/h8H,(H,10,11)(H,6,7,9);. The molecule has 12 heavy (non-hydrogen) atoms. The van der Waals surface area contributed by atoms with Gasteiger partial charge in [0.2, 0.25) is 22.0 Å². The van der Waals surface area contributed by atoms with Crippen LogP contribution < -0.4 is 10.2 Å². The minimum atomic E-state index is -1.44. The summed E-state index contributed by atoms with van der Waals surface area (Å²) in [5.41, 5.74) is -1.52. The molecular formula is C5H3AlN2O4. The molecule has 6 nitrogen and oxygen atoms in total. The molecule has 2 radical (unpaired) electrons.